The summed E-state index contributed by atoms with van der Waals surface area (Å²) in [5.41, 5.74) is 5.94. The van der Waals surface area contributed by atoms with Crippen LogP contribution in [0.4, 0.5) is 8.78 Å². The zero-order valence-corrected chi connectivity index (χ0v) is 24.2. The highest BCUT2D eigenvalue weighted by Gasteiger charge is 2.52. The van der Waals surface area contributed by atoms with Gasteiger partial charge in [0, 0.05) is 52.7 Å². The molecular weight excluding hydrogens is 562 g/mol. The van der Waals surface area contributed by atoms with Crippen molar-refractivity contribution < 1.29 is 28.2 Å². The number of rotatable bonds is 6. The number of primary amides is 1. The van der Waals surface area contributed by atoms with Gasteiger partial charge in [-0.2, -0.15) is 0 Å². The van der Waals surface area contributed by atoms with Gasteiger partial charge in [0.25, 0.3) is 0 Å². The molecule has 3 aromatic carbocycles. The molecule has 2 saturated carbocycles. The fourth-order valence-corrected chi connectivity index (χ4v) is 7.47. The molecule has 1 amide bonds. The summed E-state index contributed by atoms with van der Waals surface area (Å²) in [6, 6.07) is 12.6. The Kier molecular flexibility index (Phi) is 6.35. The zero-order chi connectivity index (χ0) is 29.6. The van der Waals surface area contributed by atoms with Crippen molar-refractivity contribution in [1.29, 1.82) is 0 Å². The lowest BCUT2D eigenvalue weighted by molar-refractivity contribution is 0.00890. The van der Waals surface area contributed by atoms with E-state index >= 15 is 8.78 Å². The number of hydrogen-bond acceptors (Lipinski definition) is 5. The second kappa shape index (κ2) is 9.66. The lowest BCUT2D eigenvalue weighted by atomic mass is 9.76. The summed E-state index contributed by atoms with van der Waals surface area (Å²) in [5, 5.41) is 13.8. The number of halogens is 3. The van der Waals surface area contributed by atoms with Crippen molar-refractivity contribution in [3.63, 3.8) is 0 Å². The third-order valence-electron chi connectivity index (χ3n) is 9.79. The second-order valence-electron chi connectivity index (χ2n) is 12.6. The van der Waals surface area contributed by atoms with Crippen molar-refractivity contribution in [3.05, 3.63) is 81.4 Å². The molecular formula is C33H33ClF2N2O4. The van der Waals surface area contributed by atoms with Crippen LogP contribution in [0.3, 0.4) is 0 Å². The van der Waals surface area contributed by atoms with Crippen molar-refractivity contribution in [3.8, 4) is 22.6 Å². The third kappa shape index (κ3) is 4.21. The van der Waals surface area contributed by atoms with E-state index in [0.717, 1.165) is 24.8 Å². The average molecular weight is 595 g/mol. The molecule has 220 valence electrons. The molecule has 0 spiro atoms. The molecule has 6 nitrogen and oxygen atoms in total. The summed E-state index contributed by atoms with van der Waals surface area (Å²) in [5.74, 6) is -2.50. The largest absolute Gasteiger partial charge is 0.486 e. The minimum Gasteiger partial charge on any atom is -0.486 e. The van der Waals surface area contributed by atoms with Crippen LogP contribution in [0.15, 0.2) is 42.5 Å². The van der Waals surface area contributed by atoms with Crippen LogP contribution in [-0.4, -0.2) is 35.3 Å². The molecule has 3 aromatic rings. The number of fused-ring (bicyclic) bond motifs is 4. The smallest absolute Gasteiger partial charge is 0.249 e. The molecule has 0 aromatic heterocycles. The Morgan fingerprint density at radius 3 is 2.57 bits per heavy atom. The molecule has 4 aliphatic rings. The van der Waals surface area contributed by atoms with Gasteiger partial charge < -0.3 is 25.6 Å². The number of ether oxygens (including phenoxy) is 2. The van der Waals surface area contributed by atoms with Gasteiger partial charge in [0.15, 0.2) is 17.2 Å². The number of carbonyl (C=O) groups excluding carboxylic acids is 1. The maximum absolute atomic E-state index is 16.4. The monoisotopic (exact) mass is 594 g/mol. The summed E-state index contributed by atoms with van der Waals surface area (Å²) >= 11 is 6.65. The Bertz CT molecular complexity index is 1600. The summed E-state index contributed by atoms with van der Waals surface area (Å²) in [6.07, 6.45) is 3.60. The van der Waals surface area contributed by atoms with Gasteiger partial charge in [-0.3, -0.25) is 4.79 Å². The van der Waals surface area contributed by atoms with Crippen molar-refractivity contribution >= 4 is 17.5 Å². The van der Waals surface area contributed by atoms with Crippen LogP contribution < -0.4 is 20.5 Å². The van der Waals surface area contributed by atoms with Crippen LogP contribution in [0.5, 0.6) is 11.5 Å². The lowest BCUT2D eigenvalue weighted by Crippen LogP contribution is -2.49. The molecule has 42 heavy (non-hydrogen) atoms. The first kappa shape index (κ1) is 27.6. The van der Waals surface area contributed by atoms with E-state index in [9.17, 15) is 9.90 Å². The predicted octanol–water partition coefficient (Wildman–Crippen LogP) is 6.31. The molecule has 0 bridgehead atoms. The van der Waals surface area contributed by atoms with Gasteiger partial charge in [-0.25, -0.2) is 8.78 Å². The van der Waals surface area contributed by atoms with Gasteiger partial charge in [0.05, 0.1) is 16.2 Å². The van der Waals surface area contributed by atoms with Crippen LogP contribution in [0.1, 0.15) is 84.8 Å². The zero-order valence-electron chi connectivity index (χ0n) is 23.5. The van der Waals surface area contributed by atoms with E-state index in [2.05, 4.69) is 5.32 Å². The van der Waals surface area contributed by atoms with Gasteiger partial charge in [0.1, 0.15) is 17.7 Å². The normalized spacial score (nSPS) is 30.6. The molecule has 2 unspecified atom stereocenters. The van der Waals surface area contributed by atoms with Crippen LogP contribution in [0.25, 0.3) is 11.1 Å². The lowest BCUT2D eigenvalue weighted by Gasteiger charge is -2.38. The van der Waals surface area contributed by atoms with Crippen LogP contribution in [0, 0.1) is 11.6 Å². The highest BCUT2D eigenvalue weighted by molar-refractivity contribution is 6.34. The van der Waals surface area contributed by atoms with Gasteiger partial charge in [-0.15, -0.1) is 0 Å². The molecule has 4 atom stereocenters. The molecule has 0 radical (unpaired) electrons. The van der Waals surface area contributed by atoms with E-state index in [4.69, 9.17) is 26.8 Å². The van der Waals surface area contributed by atoms with E-state index in [-0.39, 0.29) is 51.3 Å². The molecule has 2 heterocycles. The number of aliphatic hydroxyl groups is 1. The Balaban J connectivity index is 1.36. The van der Waals surface area contributed by atoms with Gasteiger partial charge >= 0.3 is 0 Å². The Hall–Kier alpha value is -3.20. The summed E-state index contributed by atoms with van der Waals surface area (Å²) in [6.45, 7) is 4.19. The summed E-state index contributed by atoms with van der Waals surface area (Å²) in [4.78, 5) is 12.7. The summed E-state index contributed by atoms with van der Waals surface area (Å²) < 4.78 is 44.4. The minimum absolute atomic E-state index is 0.0258. The first-order valence-corrected chi connectivity index (χ1v) is 14.9. The summed E-state index contributed by atoms with van der Waals surface area (Å²) in [7, 11) is 0. The molecule has 4 N–H and O–H groups in total. The molecule has 2 aliphatic carbocycles. The standard InChI is InChI=1S/C33H33ClF2N2O4/c1-16-25-24(42-33(16,17-6-4-3-5-7-17)15-38-18-8-10-32(2,40)11-9-18)14-22(35)28(34)27(25)26-21(31(37)39)12-20-19-13-23(19)41-30(20)29(26)36/h3-7,12,14,16,18-19,23,38,40H,8-11,13,15H2,1-2H3,(H2,37,39)/t16-,18?,19?,23?,32?,33-/m0/s1. The Morgan fingerprint density at radius 1 is 1.17 bits per heavy atom. The average Bonchev–Trinajstić information content (AvgIpc) is 3.56. The number of nitrogens with one attached hydrogen (secondary N) is 1. The van der Waals surface area contributed by atoms with E-state index in [1.165, 1.54) is 6.07 Å². The molecule has 9 heteroatoms. The van der Waals surface area contributed by atoms with Crippen molar-refractivity contribution in [2.45, 2.75) is 81.1 Å². The van der Waals surface area contributed by atoms with Crippen LogP contribution in [0.2, 0.25) is 5.02 Å². The van der Waals surface area contributed by atoms with E-state index in [1.807, 2.05) is 44.2 Å². The molecule has 7 rings (SSSR count). The highest BCUT2D eigenvalue weighted by Crippen LogP contribution is 2.59. The van der Waals surface area contributed by atoms with E-state index < -0.39 is 34.7 Å². The van der Waals surface area contributed by atoms with Gasteiger partial charge in [0.2, 0.25) is 5.91 Å². The fourth-order valence-electron chi connectivity index (χ4n) is 7.22. The number of carbonyl (C=O) groups is 1. The molecule has 2 fully saturated rings. The Labute approximate surface area is 248 Å². The SMILES string of the molecule is C[C@H]1c2c(cc(F)c(Cl)c2-c2c(C(N)=O)cc3c(c2F)OC2CC32)O[C@]1(CNC1CCC(C)(O)CC1)c1ccccc1. The first-order chi connectivity index (χ1) is 20.0. The number of nitrogens with two attached hydrogens (primary N) is 1. The van der Waals surface area contributed by atoms with Gasteiger partial charge in [-0.1, -0.05) is 48.9 Å². The molecule has 0 saturated heterocycles. The second-order valence-corrected chi connectivity index (χ2v) is 13.0. The third-order valence-corrected chi connectivity index (χ3v) is 10.2. The van der Waals surface area contributed by atoms with E-state index in [0.29, 0.717) is 30.5 Å². The van der Waals surface area contributed by atoms with Crippen molar-refractivity contribution in [2.75, 3.05) is 6.54 Å². The van der Waals surface area contributed by atoms with E-state index in [1.54, 1.807) is 6.07 Å². The van der Waals surface area contributed by atoms with Crippen LogP contribution in [-0.2, 0) is 5.60 Å². The highest BCUT2D eigenvalue weighted by atomic mass is 35.5. The number of amides is 1. The predicted molar refractivity (Wildman–Crippen MR) is 155 cm³/mol. The van der Waals surface area contributed by atoms with Gasteiger partial charge in [-0.05, 0) is 50.7 Å². The quantitative estimate of drug-likeness (QED) is 0.311. The van der Waals surface area contributed by atoms with Crippen molar-refractivity contribution in [2.24, 2.45) is 5.73 Å². The van der Waals surface area contributed by atoms with Crippen molar-refractivity contribution in [1.82, 2.24) is 5.32 Å². The maximum Gasteiger partial charge on any atom is 0.249 e. The molecule has 2 aliphatic heterocycles. The first-order valence-electron chi connectivity index (χ1n) is 14.6. The Morgan fingerprint density at radius 2 is 1.88 bits per heavy atom. The van der Waals surface area contributed by atoms with Crippen LogP contribution >= 0.6 is 11.6 Å². The number of hydrogen-bond donors (Lipinski definition) is 3. The fraction of sp³-hybridized carbons (Fsp3) is 0.424. The number of benzene rings is 3. The minimum atomic E-state index is -0.992. The maximum atomic E-state index is 16.4. The topological polar surface area (TPSA) is 93.8 Å².